The number of rotatable bonds is 3. The molecule has 0 atom stereocenters. The average molecular weight is 258 g/mol. The molecule has 0 bridgehead atoms. The Kier molecular flexibility index (Phi) is 2.60. The van der Waals surface area contributed by atoms with Crippen molar-refractivity contribution < 1.29 is 9.37 Å². The normalized spacial score (nSPS) is 10.6. The molecular weight excluding hydrogens is 248 g/mol. The molecule has 0 aliphatic rings. The highest BCUT2D eigenvalue weighted by atomic mass is 16.6. The van der Waals surface area contributed by atoms with Crippen molar-refractivity contribution in [2.75, 3.05) is 18.2 Å². The Hall–Kier alpha value is -2.90. The summed E-state index contributed by atoms with van der Waals surface area (Å²) in [5.41, 5.74) is 7.07. The summed E-state index contributed by atoms with van der Waals surface area (Å²) < 4.78 is 9.77. The van der Waals surface area contributed by atoms with Crippen LogP contribution in [-0.2, 0) is 0 Å². The fourth-order valence-corrected chi connectivity index (χ4v) is 1.62. The molecule has 0 spiro atoms. The van der Waals surface area contributed by atoms with Crippen LogP contribution in [-0.4, -0.2) is 27.4 Å². The zero-order valence-electron chi connectivity index (χ0n) is 9.99. The number of hydrogen-bond donors (Lipinski definition) is 2. The number of anilines is 3. The predicted octanol–water partition coefficient (Wildman–Crippen LogP) is 1.35. The minimum Gasteiger partial charge on any atom is -0.495 e. The minimum absolute atomic E-state index is 0.203. The lowest BCUT2D eigenvalue weighted by Gasteiger charge is -2.10. The van der Waals surface area contributed by atoms with Gasteiger partial charge in [0.05, 0.1) is 12.8 Å². The van der Waals surface area contributed by atoms with Gasteiger partial charge in [0.1, 0.15) is 5.75 Å². The number of nitrogens with two attached hydrogens (primary N) is 1. The number of ether oxygens (including phenoxy) is 1. The van der Waals surface area contributed by atoms with Gasteiger partial charge >= 0.3 is 0 Å². The average Bonchev–Trinajstić information content (AvgIpc) is 2.87. The number of nitrogens with one attached hydrogen (secondary N) is 1. The third-order valence-corrected chi connectivity index (χ3v) is 2.50. The first-order valence-electron chi connectivity index (χ1n) is 5.44. The van der Waals surface area contributed by atoms with Crippen LogP contribution in [0.1, 0.15) is 0 Å². The Morgan fingerprint density at radius 1 is 1.16 bits per heavy atom. The smallest absolute Gasteiger partial charge is 0.245 e. The number of hydrogen-bond acceptors (Lipinski definition) is 8. The zero-order valence-corrected chi connectivity index (χ0v) is 9.99. The molecule has 19 heavy (non-hydrogen) atoms. The van der Waals surface area contributed by atoms with Crippen LogP contribution in [0.15, 0.2) is 28.9 Å². The second-order valence-electron chi connectivity index (χ2n) is 3.69. The van der Waals surface area contributed by atoms with Crippen molar-refractivity contribution in [1.82, 2.24) is 20.3 Å². The molecule has 0 amide bonds. The van der Waals surface area contributed by atoms with Gasteiger partial charge in [0.25, 0.3) is 0 Å². The molecule has 3 rings (SSSR count). The lowest BCUT2D eigenvalue weighted by atomic mass is 10.3. The molecule has 8 nitrogen and oxygen atoms in total. The number of nitrogens with zero attached hydrogens (tertiary/aromatic N) is 4. The molecule has 0 radical (unpaired) electrons. The Bertz CT molecular complexity index is 726. The van der Waals surface area contributed by atoms with Crippen molar-refractivity contribution in [2.45, 2.75) is 0 Å². The third-order valence-electron chi connectivity index (χ3n) is 2.50. The van der Waals surface area contributed by atoms with Crippen molar-refractivity contribution in [3.63, 3.8) is 0 Å². The maximum Gasteiger partial charge on any atom is 0.245 e. The number of fused-ring (bicyclic) bond motifs is 1. The number of benzene rings is 1. The number of aromatic nitrogens is 4. The van der Waals surface area contributed by atoms with Crippen molar-refractivity contribution in [2.24, 2.45) is 0 Å². The fraction of sp³-hybridized carbons (Fsp3) is 0.0909. The summed E-state index contributed by atoms with van der Waals surface area (Å²) in [4.78, 5) is 8.22. The Labute approximate surface area is 107 Å². The van der Waals surface area contributed by atoms with Gasteiger partial charge < -0.3 is 15.8 Å². The van der Waals surface area contributed by atoms with E-state index in [-0.39, 0.29) is 17.1 Å². The number of methoxy groups -OCH3 is 1. The van der Waals surface area contributed by atoms with Crippen molar-refractivity contribution >= 4 is 28.6 Å². The van der Waals surface area contributed by atoms with E-state index in [2.05, 4.69) is 30.2 Å². The van der Waals surface area contributed by atoms with Crippen LogP contribution in [0.25, 0.3) is 11.3 Å². The first-order valence-corrected chi connectivity index (χ1v) is 5.44. The van der Waals surface area contributed by atoms with Crippen LogP contribution in [0.3, 0.4) is 0 Å². The highest BCUT2D eigenvalue weighted by Gasteiger charge is 2.11. The molecule has 3 aromatic rings. The second-order valence-corrected chi connectivity index (χ2v) is 3.69. The molecule has 3 N–H and O–H groups in total. The van der Waals surface area contributed by atoms with Crippen LogP contribution in [0.4, 0.5) is 17.3 Å². The highest BCUT2D eigenvalue weighted by molar-refractivity contribution is 5.76. The van der Waals surface area contributed by atoms with E-state index >= 15 is 0 Å². The van der Waals surface area contributed by atoms with Crippen LogP contribution in [0.5, 0.6) is 5.75 Å². The van der Waals surface area contributed by atoms with E-state index in [0.29, 0.717) is 11.6 Å². The molecule has 0 aliphatic heterocycles. The lowest BCUT2D eigenvalue weighted by Crippen LogP contribution is -2.03. The quantitative estimate of drug-likeness (QED) is 0.723. The summed E-state index contributed by atoms with van der Waals surface area (Å²) in [6.07, 6.45) is 0. The Balaban J connectivity index is 2.02. The van der Waals surface area contributed by atoms with E-state index in [1.165, 1.54) is 0 Å². The van der Waals surface area contributed by atoms with Gasteiger partial charge in [0.2, 0.25) is 11.3 Å². The van der Waals surface area contributed by atoms with Gasteiger partial charge in [-0.2, -0.15) is 0 Å². The van der Waals surface area contributed by atoms with Crippen LogP contribution >= 0.6 is 0 Å². The third kappa shape index (κ3) is 1.99. The Morgan fingerprint density at radius 3 is 2.68 bits per heavy atom. The molecule has 0 fully saturated rings. The molecule has 2 heterocycles. The lowest BCUT2D eigenvalue weighted by molar-refractivity contribution is 0.314. The van der Waals surface area contributed by atoms with Crippen LogP contribution in [0, 0.1) is 0 Å². The predicted molar refractivity (Wildman–Crippen MR) is 68.1 cm³/mol. The molecule has 8 heteroatoms. The van der Waals surface area contributed by atoms with E-state index in [1.807, 2.05) is 24.3 Å². The first kappa shape index (κ1) is 11.2. The number of para-hydroxylation sites is 2. The Morgan fingerprint density at radius 2 is 1.89 bits per heavy atom. The fourth-order valence-electron chi connectivity index (χ4n) is 1.62. The second kappa shape index (κ2) is 4.41. The van der Waals surface area contributed by atoms with E-state index in [4.69, 9.17) is 10.5 Å². The van der Waals surface area contributed by atoms with Crippen LogP contribution < -0.4 is 15.8 Å². The molecule has 96 valence electrons. The standard InChI is InChI=1S/C11H10N6O2/c1-18-7-5-3-2-4-6(7)13-9-8(12)14-10-11(15-9)17-19-16-10/h2-5H,1H3,(H2,12,14,16)(H,13,15,17). The SMILES string of the molecule is COc1ccccc1Nc1nc2nonc2nc1N. The summed E-state index contributed by atoms with van der Waals surface area (Å²) in [5.74, 6) is 1.24. The summed E-state index contributed by atoms with van der Waals surface area (Å²) >= 11 is 0. The topological polar surface area (TPSA) is 112 Å². The van der Waals surface area contributed by atoms with E-state index in [1.54, 1.807) is 7.11 Å². The summed E-state index contributed by atoms with van der Waals surface area (Å²) in [6, 6.07) is 7.39. The van der Waals surface area contributed by atoms with Gasteiger partial charge in [-0.3, -0.25) is 0 Å². The molecule has 2 aromatic heterocycles. The van der Waals surface area contributed by atoms with E-state index in [9.17, 15) is 0 Å². The van der Waals surface area contributed by atoms with Gasteiger partial charge in [-0.15, -0.1) is 0 Å². The number of nitrogen functional groups attached to an aromatic ring is 1. The molecular formula is C11H10N6O2. The maximum atomic E-state index is 5.80. The summed E-state index contributed by atoms with van der Waals surface area (Å²) in [6.45, 7) is 0. The highest BCUT2D eigenvalue weighted by Crippen LogP contribution is 2.28. The summed E-state index contributed by atoms with van der Waals surface area (Å²) in [5, 5.41) is 10.2. The van der Waals surface area contributed by atoms with Gasteiger partial charge in [-0.25, -0.2) is 14.6 Å². The zero-order chi connectivity index (χ0) is 13.2. The van der Waals surface area contributed by atoms with Gasteiger partial charge in [-0.1, -0.05) is 12.1 Å². The summed E-state index contributed by atoms with van der Waals surface area (Å²) in [7, 11) is 1.58. The van der Waals surface area contributed by atoms with E-state index in [0.717, 1.165) is 5.69 Å². The minimum atomic E-state index is 0.203. The van der Waals surface area contributed by atoms with Crippen molar-refractivity contribution in [3.05, 3.63) is 24.3 Å². The largest absolute Gasteiger partial charge is 0.495 e. The van der Waals surface area contributed by atoms with Crippen molar-refractivity contribution in [3.8, 4) is 5.75 Å². The first-order chi connectivity index (χ1) is 9.28. The monoisotopic (exact) mass is 258 g/mol. The van der Waals surface area contributed by atoms with Gasteiger partial charge in [-0.05, 0) is 22.4 Å². The molecule has 0 aliphatic carbocycles. The molecule has 0 saturated heterocycles. The van der Waals surface area contributed by atoms with Crippen molar-refractivity contribution in [1.29, 1.82) is 0 Å². The van der Waals surface area contributed by atoms with Crippen LogP contribution in [0.2, 0.25) is 0 Å². The molecule has 0 saturated carbocycles. The van der Waals surface area contributed by atoms with Gasteiger partial charge in [0.15, 0.2) is 11.6 Å². The molecule has 0 unspecified atom stereocenters. The van der Waals surface area contributed by atoms with E-state index < -0.39 is 0 Å². The van der Waals surface area contributed by atoms with Gasteiger partial charge in [0, 0.05) is 0 Å². The molecule has 1 aromatic carbocycles. The maximum absolute atomic E-state index is 5.80.